The van der Waals surface area contributed by atoms with Gasteiger partial charge in [0.1, 0.15) is 12.6 Å². The molecule has 5 heteroatoms. The van der Waals surface area contributed by atoms with Crippen LogP contribution in [0.1, 0.15) is 44.2 Å². The molecular weight excluding hydrogens is 342 g/mol. The summed E-state index contributed by atoms with van der Waals surface area (Å²) in [6.45, 7) is 6.05. The Balaban J connectivity index is 1.77. The Morgan fingerprint density at radius 1 is 1.11 bits per heavy atom. The predicted molar refractivity (Wildman–Crippen MR) is 101 cm³/mol. The van der Waals surface area contributed by atoms with Gasteiger partial charge < -0.3 is 4.74 Å². The first-order chi connectivity index (χ1) is 12.9. The minimum atomic E-state index is -0.848. The maximum absolute atomic E-state index is 12.9. The van der Waals surface area contributed by atoms with Gasteiger partial charge in [0.15, 0.2) is 0 Å². The van der Waals surface area contributed by atoms with Gasteiger partial charge in [-0.1, -0.05) is 50.3 Å². The predicted octanol–water partition coefficient (Wildman–Crippen LogP) is 3.40. The molecule has 1 saturated heterocycles. The van der Waals surface area contributed by atoms with Crippen LogP contribution in [0.15, 0.2) is 36.4 Å². The number of hydrogen-bond acceptors (Lipinski definition) is 4. The van der Waals surface area contributed by atoms with Crippen LogP contribution in [0.25, 0.3) is 0 Å². The van der Waals surface area contributed by atoms with Gasteiger partial charge in [0.25, 0.3) is 0 Å². The molecule has 144 valence electrons. The summed E-state index contributed by atoms with van der Waals surface area (Å²) in [5.74, 6) is -1.47. The van der Waals surface area contributed by atoms with Crippen LogP contribution >= 0.6 is 0 Å². The monoisotopic (exact) mass is 369 g/mol. The molecular formula is C22H27NO4. The number of aryl methyl sites for hydroxylation is 1. The Morgan fingerprint density at radius 3 is 2.26 bits per heavy atom. The first-order valence-corrected chi connectivity index (χ1v) is 9.63. The lowest BCUT2D eigenvalue weighted by Crippen LogP contribution is -2.47. The van der Waals surface area contributed by atoms with E-state index in [0.717, 1.165) is 11.1 Å². The number of carbonyl (C=O) groups is 3. The van der Waals surface area contributed by atoms with Crippen molar-refractivity contribution in [2.75, 3.05) is 0 Å². The fraction of sp³-hybridized carbons (Fsp3) is 0.500. The zero-order valence-electron chi connectivity index (χ0n) is 16.2. The van der Waals surface area contributed by atoms with Crippen LogP contribution in [0.4, 0.5) is 0 Å². The Labute approximate surface area is 160 Å². The third-order valence-electron chi connectivity index (χ3n) is 5.45. The summed E-state index contributed by atoms with van der Waals surface area (Å²) >= 11 is 0. The van der Waals surface area contributed by atoms with Gasteiger partial charge in [-0.25, -0.2) is 4.79 Å². The second-order valence-corrected chi connectivity index (χ2v) is 7.88. The summed E-state index contributed by atoms with van der Waals surface area (Å²) in [6, 6.07) is 6.85. The SMILES string of the molecule is Cc1ccccc1COC(=O)[C@H](CC(C)C)N1C(=O)[C@H]2CC=CC[C@@H]2C1=O. The van der Waals surface area contributed by atoms with Crippen LogP contribution in [0.2, 0.25) is 0 Å². The standard InChI is InChI=1S/C22H27NO4/c1-14(2)12-19(22(26)27-13-16-9-5-4-8-15(16)3)23-20(24)17-10-6-7-11-18(17)21(23)25/h4-9,14,17-19H,10-13H2,1-3H3/t17-,18-,19-/m0/s1. The Hall–Kier alpha value is -2.43. The quantitative estimate of drug-likeness (QED) is 0.438. The average molecular weight is 369 g/mol. The lowest BCUT2D eigenvalue weighted by Gasteiger charge is -2.26. The van der Waals surface area contributed by atoms with E-state index in [-0.39, 0.29) is 36.2 Å². The first kappa shape index (κ1) is 19.3. The number of rotatable bonds is 6. The minimum Gasteiger partial charge on any atom is -0.459 e. The van der Waals surface area contributed by atoms with Crippen LogP contribution in [0.5, 0.6) is 0 Å². The summed E-state index contributed by atoms with van der Waals surface area (Å²) in [5, 5.41) is 0. The minimum absolute atomic E-state index is 0.144. The van der Waals surface area contributed by atoms with Gasteiger partial charge in [0.2, 0.25) is 11.8 Å². The lowest BCUT2D eigenvalue weighted by molar-refractivity contribution is -0.160. The largest absolute Gasteiger partial charge is 0.459 e. The van der Waals surface area contributed by atoms with E-state index in [4.69, 9.17) is 4.74 Å². The highest BCUT2D eigenvalue weighted by atomic mass is 16.5. The van der Waals surface area contributed by atoms with Crippen LogP contribution < -0.4 is 0 Å². The molecule has 0 radical (unpaired) electrons. The highest BCUT2D eigenvalue weighted by Crippen LogP contribution is 2.37. The number of carbonyl (C=O) groups excluding carboxylic acids is 3. The van der Waals surface area contributed by atoms with Crippen molar-refractivity contribution in [3.8, 4) is 0 Å². The maximum atomic E-state index is 12.9. The number of fused-ring (bicyclic) bond motifs is 1. The normalized spacial score (nSPS) is 22.9. The molecule has 0 unspecified atom stereocenters. The molecule has 1 heterocycles. The van der Waals surface area contributed by atoms with Gasteiger partial charge >= 0.3 is 5.97 Å². The molecule has 3 atom stereocenters. The lowest BCUT2D eigenvalue weighted by atomic mass is 9.85. The molecule has 1 aliphatic heterocycles. The fourth-order valence-electron chi connectivity index (χ4n) is 3.90. The summed E-state index contributed by atoms with van der Waals surface area (Å²) in [5.41, 5.74) is 1.96. The third kappa shape index (κ3) is 3.97. The number of hydrogen-bond donors (Lipinski definition) is 0. The molecule has 2 aliphatic rings. The molecule has 1 aliphatic carbocycles. The van der Waals surface area contributed by atoms with Crippen molar-refractivity contribution in [1.82, 2.24) is 4.90 Å². The number of ether oxygens (including phenoxy) is 1. The van der Waals surface area contributed by atoms with E-state index in [9.17, 15) is 14.4 Å². The highest BCUT2D eigenvalue weighted by molar-refractivity contribution is 6.08. The van der Waals surface area contributed by atoms with Crippen LogP contribution in [-0.2, 0) is 25.7 Å². The second kappa shape index (κ2) is 8.07. The molecule has 0 N–H and O–H groups in total. The summed E-state index contributed by atoms with van der Waals surface area (Å²) in [4.78, 5) is 39.8. The number of imide groups is 1. The number of benzene rings is 1. The van der Waals surface area contributed by atoms with Gasteiger partial charge in [0, 0.05) is 0 Å². The maximum Gasteiger partial charge on any atom is 0.329 e. The molecule has 27 heavy (non-hydrogen) atoms. The Morgan fingerprint density at radius 2 is 1.70 bits per heavy atom. The van der Waals surface area contributed by atoms with Crippen molar-refractivity contribution in [2.45, 2.75) is 52.7 Å². The molecule has 0 bridgehead atoms. The van der Waals surface area contributed by atoms with E-state index in [1.165, 1.54) is 4.90 Å². The fourth-order valence-corrected chi connectivity index (χ4v) is 3.90. The summed E-state index contributed by atoms with van der Waals surface area (Å²) in [6.07, 6.45) is 5.45. The van der Waals surface area contributed by atoms with E-state index < -0.39 is 12.0 Å². The highest BCUT2D eigenvalue weighted by Gasteiger charge is 2.51. The number of nitrogens with zero attached hydrogens (tertiary/aromatic N) is 1. The topological polar surface area (TPSA) is 63.7 Å². The van der Waals surface area contributed by atoms with E-state index in [2.05, 4.69) is 0 Å². The van der Waals surface area contributed by atoms with Crippen molar-refractivity contribution in [3.63, 3.8) is 0 Å². The van der Waals surface area contributed by atoms with E-state index in [1.807, 2.05) is 57.2 Å². The second-order valence-electron chi connectivity index (χ2n) is 7.88. The number of allylic oxidation sites excluding steroid dienone is 2. The zero-order chi connectivity index (χ0) is 19.6. The number of likely N-dealkylation sites (tertiary alicyclic amines) is 1. The Kier molecular flexibility index (Phi) is 5.78. The van der Waals surface area contributed by atoms with Crippen molar-refractivity contribution < 1.29 is 19.1 Å². The van der Waals surface area contributed by atoms with Crippen molar-refractivity contribution in [2.24, 2.45) is 17.8 Å². The molecule has 3 rings (SSSR count). The zero-order valence-corrected chi connectivity index (χ0v) is 16.2. The molecule has 2 amide bonds. The van der Waals surface area contributed by atoms with E-state index in [1.54, 1.807) is 0 Å². The van der Waals surface area contributed by atoms with Gasteiger partial charge in [-0.05, 0) is 43.2 Å². The summed E-state index contributed by atoms with van der Waals surface area (Å²) < 4.78 is 5.53. The molecule has 5 nitrogen and oxygen atoms in total. The average Bonchev–Trinajstić information content (AvgIpc) is 2.90. The van der Waals surface area contributed by atoms with Crippen molar-refractivity contribution in [1.29, 1.82) is 0 Å². The Bertz CT molecular complexity index is 741. The van der Waals surface area contributed by atoms with Crippen LogP contribution in [0, 0.1) is 24.7 Å². The number of amides is 2. The molecule has 1 fully saturated rings. The molecule has 1 aromatic rings. The molecule has 0 aromatic heterocycles. The van der Waals surface area contributed by atoms with E-state index in [0.29, 0.717) is 19.3 Å². The smallest absolute Gasteiger partial charge is 0.329 e. The molecule has 0 spiro atoms. The van der Waals surface area contributed by atoms with Gasteiger partial charge in [0.05, 0.1) is 11.8 Å². The van der Waals surface area contributed by atoms with Crippen LogP contribution in [-0.4, -0.2) is 28.7 Å². The molecule has 0 saturated carbocycles. The van der Waals surface area contributed by atoms with Crippen molar-refractivity contribution >= 4 is 17.8 Å². The number of esters is 1. The first-order valence-electron chi connectivity index (χ1n) is 9.63. The van der Waals surface area contributed by atoms with E-state index >= 15 is 0 Å². The van der Waals surface area contributed by atoms with Crippen LogP contribution in [0.3, 0.4) is 0 Å². The van der Waals surface area contributed by atoms with Crippen molar-refractivity contribution in [3.05, 3.63) is 47.5 Å². The van der Waals surface area contributed by atoms with Gasteiger partial charge in [-0.2, -0.15) is 0 Å². The third-order valence-corrected chi connectivity index (χ3v) is 5.45. The summed E-state index contributed by atoms with van der Waals surface area (Å²) in [7, 11) is 0. The van der Waals surface area contributed by atoms with Gasteiger partial charge in [-0.15, -0.1) is 0 Å². The van der Waals surface area contributed by atoms with Gasteiger partial charge in [-0.3, -0.25) is 14.5 Å². The molecule has 1 aromatic carbocycles.